The molecular formula is C27H28FN3O2. The molecule has 2 aromatic carbocycles. The number of nitrogens with zero attached hydrogens (tertiary/aromatic N) is 2. The van der Waals surface area contributed by atoms with Crippen LogP contribution in [0.3, 0.4) is 0 Å². The standard InChI is InChI=1S/C27H26FN3O2.H2/c1-2-18-6-5-7-21(16-18)30-27(32)24-15-14-23(33-24)26-25(19-10-12-20(28)13-11-19)29-17-31(26)22-8-3-4-9-22;/h5-7,10-17,22H,2-4,8-9H2,1H3,(H,30,32);1H. The van der Waals surface area contributed by atoms with Gasteiger partial charge in [-0.05, 0) is 73.4 Å². The van der Waals surface area contributed by atoms with Crippen LogP contribution in [0.5, 0.6) is 0 Å². The molecule has 1 amide bonds. The van der Waals surface area contributed by atoms with E-state index in [1.54, 1.807) is 18.2 Å². The summed E-state index contributed by atoms with van der Waals surface area (Å²) in [6, 6.07) is 17.9. The zero-order chi connectivity index (χ0) is 22.8. The largest absolute Gasteiger partial charge is 0.449 e. The fourth-order valence-corrected chi connectivity index (χ4v) is 4.53. The average Bonchev–Trinajstić information content (AvgIpc) is 3.59. The third-order valence-corrected chi connectivity index (χ3v) is 6.29. The van der Waals surface area contributed by atoms with Gasteiger partial charge in [0, 0.05) is 18.7 Å². The SMILES string of the molecule is CCc1cccc(NC(=O)c2ccc(-c3c(-c4ccc(F)cc4)ncn3C3CCCC3)o2)c1.[HH]. The van der Waals surface area contributed by atoms with Gasteiger partial charge in [-0.1, -0.05) is 31.9 Å². The minimum atomic E-state index is -0.301. The molecule has 1 N–H and O–H groups in total. The van der Waals surface area contributed by atoms with Crippen molar-refractivity contribution in [2.75, 3.05) is 5.32 Å². The van der Waals surface area contributed by atoms with Gasteiger partial charge in [0.05, 0.1) is 12.0 Å². The first kappa shape index (κ1) is 21.2. The van der Waals surface area contributed by atoms with E-state index >= 15 is 0 Å². The predicted molar refractivity (Wildman–Crippen MR) is 129 cm³/mol. The molecule has 33 heavy (non-hydrogen) atoms. The van der Waals surface area contributed by atoms with Crippen LogP contribution >= 0.6 is 0 Å². The van der Waals surface area contributed by atoms with E-state index in [4.69, 9.17) is 4.42 Å². The average molecular weight is 446 g/mol. The molecule has 4 aromatic rings. The summed E-state index contributed by atoms with van der Waals surface area (Å²) in [5, 5.41) is 2.92. The Balaban J connectivity index is 0.00000274. The molecule has 5 nitrogen and oxygen atoms in total. The topological polar surface area (TPSA) is 60.1 Å². The van der Waals surface area contributed by atoms with Crippen molar-refractivity contribution in [3.8, 4) is 22.7 Å². The van der Waals surface area contributed by atoms with Crippen LogP contribution in [-0.4, -0.2) is 15.5 Å². The molecule has 0 atom stereocenters. The molecule has 1 saturated carbocycles. The van der Waals surface area contributed by atoms with Gasteiger partial charge in [0.1, 0.15) is 11.5 Å². The molecule has 0 unspecified atom stereocenters. The molecule has 0 bridgehead atoms. The number of rotatable bonds is 6. The van der Waals surface area contributed by atoms with Gasteiger partial charge in [-0.2, -0.15) is 0 Å². The van der Waals surface area contributed by atoms with Crippen molar-refractivity contribution in [3.05, 3.63) is 84.1 Å². The zero-order valence-electron chi connectivity index (χ0n) is 18.6. The Labute approximate surface area is 193 Å². The van der Waals surface area contributed by atoms with Crippen molar-refractivity contribution in [2.24, 2.45) is 0 Å². The number of benzene rings is 2. The van der Waals surface area contributed by atoms with Crippen LogP contribution in [0.4, 0.5) is 10.1 Å². The Morgan fingerprint density at radius 2 is 1.94 bits per heavy atom. The monoisotopic (exact) mass is 445 g/mol. The number of carbonyl (C=O) groups excluding carboxylic acids is 1. The molecule has 0 aliphatic heterocycles. The number of hydrogen-bond donors (Lipinski definition) is 1. The van der Waals surface area contributed by atoms with Gasteiger partial charge in [0.25, 0.3) is 5.91 Å². The maximum atomic E-state index is 13.5. The Morgan fingerprint density at radius 3 is 2.70 bits per heavy atom. The van der Waals surface area contributed by atoms with Crippen LogP contribution in [0.25, 0.3) is 22.7 Å². The van der Waals surface area contributed by atoms with E-state index in [0.29, 0.717) is 11.8 Å². The van der Waals surface area contributed by atoms with E-state index < -0.39 is 0 Å². The second-order valence-corrected chi connectivity index (χ2v) is 8.47. The quantitative estimate of drug-likeness (QED) is 0.343. The highest BCUT2D eigenvalue weighted by atomic mass is 19.1. The van der Waals surface area contributed by atoms with E-state index in [2.05, 4.69) is 21.8 Å². The molecule has 170 valence electrons. The Bertz CT molecular complexity index is 1270. The molecule has 0 spiro atoms. The first-order chi connectivity index (χ1) is 16.1. The lowest BCUT2D eigenvalue weighted by molar-refractivity contribution is 0.0997. The first-order valence-corrected chi connectivity index (χ1v) is 11.5. The maximum Gasteiger partial charge on any atom is 0.291 e. The maximum absolute atomic E-state index is 13.5. The van der Waals surface area contributed by atoms with Crippen LogP contribution < -0.4 is 5.32 Å². The van der Waals surface area contributed by atoms with Gasteiger partial charge in [-0.15, -0.1) is 0 Å². The van der Waals surface area contributed by atoms with Gasteiger partial charge in [0.2, 0.25) is 0 Å². The highest BCUT2D eigenvalue weighted by Gasteiger charge is 2.26. The van der Waals surface area contributed by atoms with Crippen LogP contribution in [0.15, 0.2) is 71.4 Å². The second kappa shape index (κ2) is 9.06. The highest BCUT2D eigenvalue weighted by molar-refractivity contribution is 6.02. The van der Waals surface area contributed by atoms with Crippen molar-refractivity contribution in [3.63, 3.8) is 0 Å². The third kappa shape index (κ3) is 4.33. The van der Waals surface area contributed by atoms with Crippen molar-refractivity contribution < 1.29 is 15.0 Å². The van der Waals surface area contributed by atoms with E-state index in [1.807, 2.05) is 36.7 Å². The summed E-state index contributed by atoms with van der Waals surface area (Å²) in [6.07, 6.45) is 7.24. The smallest absolute Gasteiger partial charge is 0.291 e. The molecule has 0 saturated heterocycles. The van der Waals surface area contributed by atoms with Crippen molar-refractivity contribution >= 4 is 11.6 Å². The number of aryl methyl sites for hydroxylation is 1. The molecule has 2 aromatic heterocycles. The highest BCUT2D eigenvalue weighted by Crippen LogP contribution is 2.39. The number of carbonyl (C=O) groups is 1. The first-order valence-electron chi connectivity index (χ1n) is 11.5. The van der Waals surface area contributed by atoms with Crippen LogP contribution in [0.1, 0.15) is 56.2 Å². The molecule has 0 radical (unpaired) electrons. The lowest BCUT2D eigenvalue weighted by Crippen LogP contribution is -2.11. The van der Waals surface area contributed by atoms with E-state index in [1.165, 1.54) is 25.0 Å². The number of hydrogen-bond acceptors (Lipinski definition) is 3. The molecule has 5 rings (SSSR count). The van der Waals surface area contributed by atoms with Crippen molar-refractivity contribution in [2.45, 2.75) is 45.1 Å². The fraction of sp³-hybridized carbons (Fsp3) is 0.259. The fourth-order valence-electron chi connectivity index (χ4n) is 4.53. The molecule has 2 heterocycles. The molecule has 1 fully saturated rings. The Morgan fingerprint density at radius 1 is 1.15 bits per heavy atom. The summed E-state index contributed by atoms with van der Waals surface area (Å²) < 4.78 is 21.7. The number of amides is 1. The molecule has 1 aliphatic rings. The summed E-state index contributed by atoms with van der Waals surface area (Å²) in [6.45, 7) is 2.08. The minimum absolute atomic E-state index is 0. The van der Waals surface area contributed by atoms with Gasteiger partial charge >= 0.3 is 0 Å². The Kier molecular flexibility index (Phi) is 5.82. The van der Waals surface area contributed by atoms with Gasteiger partial charge < -0.3 is 14.3 Å². The lowest BCUT2D eigenvalue weighted by Gasteiger charge is -2.15. The third-order valence-electron chi connectivity index (χ3n) is 6.29. The summed E-state index contributed by atoms with van der Waals surface area (Å²) in [7, 11) is 0. The number of halogens is 1. The van der Waals surface area contributed by atoms with Gasteiger partial charge in [-0.25, -0.2) is 9.37 Å². The summed E-state index contributed by atoms with van der Waals surface area (Å²) in [4.78, 5) is 17.5. The van der Waals surface area contributed by atoms with Crippen molar-refractivity contribution in [1.82, 2.24) is 9.55 Å². The number of furan rings is 1. The molecular weight excluding hydrogens is 417 g/mol. The van der Waals surface area contributed by atoms with E-state index in [9.17, 15) is 9.18 Å². The molecule has 6 heteroatoms. The summed E-state index contributed by atoms with van der Waals surface area (Å²) in [5.74, 6) is 0.215. The normalized spacial score (nSPS) is 14.0. The summed E-state index contributed by atoms with van der Waals surface area (Å²) in [5.41, 5.74) is 4.24. The van der Waals surface area contributed by atoms with E-state index in [0.717, 1.165) is 47.5 Å². The zero-order valence-corrected chi connectivity index (χ0v) is 18.6. The number of anilines is 1. The summed E-state index contributed by atoms with van der Waals surface area (Å²) >= 11 is 0. The van der Waals surface area contributed by atoms with E-state index in [-0.39, 0.29) is 18.9 Å². The van der Waals surface area contributed by atoms with Crippen LogP contribution in [-0.2, 0) is 6.42 Å². The van der Waals surface area contributed by atoms with Gasteiger partial charge in [0.15, 0.2) is 11.5 Å². The number of aromatic nitrogens is 2. The van der Waals surface area contributed by atoms with Crippen LogP contribution in [0.2, 0.25) is 0 Å². The predicted octanol–water partition coefficient (Wildman–Crippen LogP) is 7.13. The van der Waals surface area contributed by atoms with Crippen molar-refractivity contribution in [1.29, 1.82) is 0 Å². The van der Waals surface area contributed by atoms with Gasteiger partial charge in [-0.3, -0.25) is 4.79 Å². The van der Waals surface area contributed by atoms with Crippen LogP contribution in [0, 0.1) is 5.82 Å². The number of imidazole rings is 1. The second-order valence-electron chi connectivity index (χ2n) is 8.47. The lowest BCUT2D eigenvalue weighted by atomic mass is 10.1. The minimum Gasteiger partial charge on any atom is -0.449 e. The molecule has 1 aliphatic carbocycles. The number of nitrogens with one attached hydrogen (secondary N) is 1. The Hall–Kier alpha value is -3.67.